The molecule has 1 heterocycles. The number of amides is 2. The molecule has 0 aliphatic carbocycles. The highest BCUT2D eigenvalue weighted by molar-refractivity contribution is 7.99. The second kappa shape index (κ2) is 8.58. The van der Waals surface area contributed by atoms with E-state index in [0.717, 1.165) is 0 Å². The third-order valence-electron chi connectivity index (χ3n) is 4.17. The maximum absolute atomic E-state index is 12.6. The fourth-order valence-electron chi connectivity index (χ4n) is 2.81. The molecule has 2 atom stereocenters. The number of rotatable bonds is 6. The highest BCUT2D eigenvalue weighted by Gasteiger charge is 2.36. The highest BCUT2D eigenvalue weighted by atomic mass is 32.2. The quantitative estimate of drug-likeness (QED) is 0.793. The van der Waals surface area contributed by atoms with Gasteiger partial charge in [0.15, 0.2) is 0 Å². The van der Waals surface area contributed by atoms with Crippen molar-refractivity contribution in [3.05, 3.63) is 35.9 Å². The Morgan fingerprint density at radius 1 is 1.27 bits per heavy atom. The minimum absolute atomic E-state index is 0.000643. The predicted octanol–water partition coefficient (Wildman–Crippen LogP) is 2.31. The van der Waals surface area contributed by atoms with Crippen molar-refractivity contribution in [1.82, 2.24) is 10.2 Å². The van der Waals surface area contributed by atoms with Gasteiger partial charge in [-0.25, -0.2) is 0 Å². The lowest BCUT2D eigenvalue weighted by atomic mass is 9.91. The summed E-state index contributed by atoms with van der Waals surface area (Å²) in [5.41, 5.74) is 0.495. The molecule has 2 rings (SSSR count). The number of thioether (sulfide) groups is 1. The molecule has 0 aromatic heterocycles. The smallest absolute Gasteiger partial charge is 0.312 e. The Morgan fingerprint density at radius 2 is 1.92 bits per heavy atom. The molecule has 1 aliphatic rings. The number of carbonyl (C=O) groups is 3. The van der Waals surface area contributed by atoms with Crippen LogP contribution >= 0.6 is 11.8 Å². The van der Waals surface area contributed by atoms with Crippen LogP contribution in [0.2, 0.25) is 0 Å². The lowest BCUT2D eigenvalue weighted by Crippen LogP contribution is -2.49. The second-order valence-corrected chi connectivity index (χ2v) is 8.66. The lowest BCUT2D eigenvalue weighted by molar-refractivity contribution is -0.141. The summed E-state index contributed by atoms with van der Waals surface area (Å²) in [7, 11) is 0. The number of carboxylic acids is 1. The summed E-state index contributed by atoms with van der Waals surface area (Å²) in [6.45, 7) is 5.96. The maximum atomic E-state index is 12.6. The summed E-state index contributed by atoms with van der Waals surface area (Å²) in [5.74, 6) is -1.11. The van der Waals surface area contributed by atoms with Crippen molar-refractivity contribution in [1.29, 1.82) is 0 Å². The van der Waals surface area contributed by atoms with E-state index in [4.69, 9.17) is 0 Å². The number of aliphatic carboxylic acids is 1. The van der Waals surface area contributed by atoms with E-state index in [1.807, 2.05) is 26.8 Å². The molecule has 6 nitrogen and oxygen atoms in total. The third-order valence-corrected chi connectivity index (χ3v) is 5.18. The standard InChI is InChI=1S/C19H26N2O4S/c1-19(2,3)9-16(22)21-12-26-11-15(21)17(23)20-10-14(18(24)25)13-7-5-4-6-8-13/h4-8,14-15H,9-12H2,1-3H3,(H,20,23)(H,24,25). The Balaban J connectivity index is 1.99. The van der Waals surface area contributed by atoms with Gasteiger partial charge >= 0.3 is 5.97 Å². The minimum Gasteiger partial charge on any atom is -0.481 e. The zero-order valence-electron chi connectivity index (χ0n) is 15.4. The van der Waals surface area contributed by atoms with E-state index in [1.165, 1.54) is 11.8 Å². The summed E-state index contributed by atoms with van der Waals surface area (Å²) >= 11 is 1.54. The van der Waals surface area contributed by atoms with Crippen LogP contribution < -0.4 is 5.32 Å². The van der Waals surface area contributed by atoms with Gasteiger partial charge in [-0.15, -0.1) is 11.8 Å². The zero-order valence-corrected chi connectivity index (χ0v) is 16.2. The Kier molecular flexibility index (Phi) is 6.69. The van der Waals surface area contributed by atoms with Gasteiger partial charge in [0.05, 0.1) is 11.8 Å². The van der Waals surface area contributed by atoms with Crippen LogP contribution in [-0.4, -0.2) is 52.0 Å². The predicted molar refractivity (Wildman–Crippen MR) is 102 cm³/mol. The highest BCUT2D eigenvalue weighted by Crippen LogP contribution is 2.26. The van der Waals surface area contributed by atoms with E-state index < -0.39 is 17.9 Å². The number of nitrogens with one attached hydrogen (secondary N) is 1. The van der Waals surface area contributed by atoms with Crippen LogP contribution in [-0.2, 0) is 14.4 Å². The first kappa shape index (κ1) is 20.3. The molecule has 1 aromatic rings. The monoisotopic (exact) mass is 378 g/mol. The largest absolute Gasteiger partial charge is 0.481 e. The van der Waals surface area contributed by atoms with Crippen molar-refractivity contribution >= 4 is 29.5 Å². The molecule has 0 radical (unpaired) electrons. The molecule has 26 heavy (non-hydrogen) atoms. The summed E-state index contributed by atoms with van der Waals surface area (Å²) in [5, 5.41) is 12.2. The number of hydrogen-bond acceptors (Lipinski definition) is 4. The molecule has 2 amide bonds. The number of carboxylic acid groups (broad SMARTS) is 1. The van der Waals surface area contributed by atoms with Crippen LogP contribution in [0, 0.1) is 5.41 Å². The van der Waals surface area contributed by atoms with Crippen LogP contribution in [0.3, 0.4) is 0 Å². The molecule has 2 unspecified atom stereocenters. The number of nitrogens with zero attached hydrogens (tertiary/aromatic N) is 1. The van der Waals surface area contributed by atoms with Crippen LogP contribution in [0.25, 0.3) is 0 Å². The van der Waals surface area contributed by atoms with Gasteiger partial charge in [0, 0.05) is 18.7 Å². The van der Waals surface area contributed by atoms with E-state index >= 15 is 0 Å². The van der Waals surface area contributed by atoms with Crippen molar-refractivity contribution in [3.8, 4) is 0 Å². The molecule has 0 spiro atoms. The molecule has 7 heteroatoms. The van der Waals surface area contributed by atoms with E-state index in [0.29, 0.717) is 23.6 Å². The van der Waals surface area contributed by atoms with Crippen molar-refractivity contribution in [2.45, 2.75) is 39.2 Å². The summed E-state index contributed by atoms with van der Waals surface area (Å²) in [6.07, 6.45) is 0.374. The molecule has 1 saturated heterocycles. The third kappa shape index (κ3) is 5.49. The normalized spacial score (nSPS) is 18.4. The maximum Gasteiger partial charge on any atom is 0.312 e. The minimum atomic E-state index is -0.988. The molecule has 1 fully saturated rings. The summed E-state index contributed by atoms with van der Waals surface area (Å²) in [4.78, 5) is 38.2. The Bertz CT molecular complexity index is 657. The SMILES string of the molecule is CC(C)(C)CC(=O)N1CSCC1C(=O)NCC(C(=O)O)c1ccccc1. The number of hydrogen-bond donors (Lipinski definition) is 2. The van der Waals surface area contributed by atoms with Gasteiger partial charge in [-0.05, 0) is 11.0 Å². The fraction of sp³-hybridized carbons (Fsp3) is 0.526. The first-order chi connectivity index (χ1) is 12.2. The topological polar surface area (TPSA) is 86.7 Å². The van der Waals surface area contributed by atoms with Gasteiger partial charge in [-0.3, -0.25) is 14.4 Å². The van der Waals surface area contributed by atoms with E-state index in [2.05, 4.69) is 5.32 Å². The van der Waals surface area contributed by atoms with E-state index in [1.54, 1.807) is 29.2 Å². The van der Waals surface area contributed by atoms with Gasteiger partial charge < -0.3 is 15.3 Å². The van der Waals surface area contributed by atoms with Gasteiger partial charge in [0.1, 0.15) is 6.04 Å². The Labute approximate surface area is 158 Å². The molecular formula is C19H26N2O4S. The molecule has 1 aromatic carbocycles. The van der Waals surface area contributed by atoms with Gasteiger partial charge in [-0.2, -0.15) is 0 Å². The summed E-state index contributed by atoms with van der Waals surface area (Å²) < 4.78 is 0. The van der Waals surface area contributed by atoms with Crippen molar-refractivity contribution in [2.75, 3.05) is 18.2 Å². The first-order valence-electron chi connectivity index (χ1n) is 8.62. The zero-order chi connectivity index (χ0) is 19.3. The number of carbonyl (C=O) groups excluding carboxylic acids is 2. The van der Waals surface area contributed by atoms with Crippen molar-refractivity contribution in [3.63, 3.8) is 0 Å². The molecule has 2 N–H and O–H groups in total. The van der Waals surface area contributed by atoms with E-state index in [-0.39, 0.29) is 23.8 Å². The van der Waals surface area contributed by atoms with Crippen molar-refractivity contribution < 1.29 is 19.5 Å². The molecule has 0 saturated carbocycles. The van der Waals surface area contributed by atoms with Crippen LogP contribution in [0.15, 0.2) is 30.3 Å². The Morgan fingerprint density at radius 3 is 2.50 bits per heavy atom. The molecule has 142 valence electrons. The average molecular weight is 378 g/mol. The van der Waals surface area contributed by atoms with Crippen LogP contribution in [0.4, 0.5) is 0 Å². The van der Waals surface area contributed by atoms with Crippen LogP contribution in [0.5, 0.6) is 0 Å². The molecular weight excluding hydrogens is 352 g/mol. The second-order valence-electron chi connectivity index (χ2n) is 7.66. The van der Waals surface area contributed by atoms with Crippen molar-refractivity contribution in [2.24, 2.45) is 5.41 Å². The first-order valence-corrected chi connectivity index (χ1v) is 9.77. The van der Waals surface area contributed by atoms with E-state index in [9.17, 15) is 19.5 Å². The molecule has 1 aliphatic heterocycles. The fourth-order valence-corrected chi connectivity index (χ4v) is 4.00. The summed E-state index contributed by atoms with van der Waals surface area (Å²) in [6, 6.07) is 8.28. The van der Waals surface area contributed by atoms with Crippen LogP contribution in [0.1, 0.15) is 38.7 Å². The lowest BCUT2D eigenvalue weighted by Gasteiger charge is -2.27. The average Bonchev–Trinajstić information content (AvgIpc) is 3.04. The number of benzene rings is 1. The van der Waals surface area contributed by atoms with Gasteiger partial charge in [0.2, 0.25) is 11.8 Å². The van der Waals surface area contributed by atoms with Gasteiger partial charge in [-0.1, -0.05) is 51.1 Å². The van der Waals surface area contributed by atoms with Gasteiger partial charge in [0.25, 0.3) is 0 Å². The Hall–Kier alpha value is -2.02. The molecule has 0 bridgehead atoms.